The fraction of sp³-hybridized carbons (Fsp3) is 0.0667. The quantitative estimate of drug-likeness (QED) is 0.708. The molecule has 1 aromatic heterocycles. The first kappa shape index (κ1) is 14.8. The molecule has 0 unspecified atom stereocenters. The molecule has 111 valence electrons. The molecule has 0 aliphatic rings. The molecule has 0 saturated heterocycles. The lowest BCUT2D eigenvalue weighted by Gasteiger charge is -2.11. The fourth-order valence-corrected chi connectivity index (χ4v) is 2.25. The Hall–Kier alpha value is -2.11. The zero-order chi connectivity index (χ0) is 15.7. The number of fused-ring (bicyclic) bond motifs is 1. The first-order valence-corrected chi connectivity index (χ1v) is 6.96. The van der Waals surface area contributed by atoms with Crippen LogP contribution >= 0.6 is 23.2 Å². The molecule has 0 aliphatic carbocycles. The maximum absolute atomic E-state index is 14.1. The van der Waals surface area contributed by atoms with Gasteiger partial charge in [0, 0.05) is 17.5 Å². The third kappa shape index (κ3) is 2.65. The van der Waals surface area contributed by atoms with E-state index >= 15 is 0 Å². The number of halogens is 3. The molecule has 22 heavy (non-hydrogen) atoms. The van der Waals surface area contributed by atoms with Gasteiger partial charge in [-0.15, -0.1) is 0 Å². The zero-order valence-corrected chi connectivity index (χ0v) is 12.8. The summed E-state index contributed by atoms with van der Waals surface area (Å²) in [5.41, 5.74) is 0.818. The minimum absolute atomic E-state index is 0.140. The Bertz CT molecular complexity index is 858. The van der Waals surface area contributed by atoms with E-state index < -0.39 is 5.82 Å². The van der Waals surface area contributed by atoms with Gasteiger partial charge in [0.1, 0.15) is 17.9 Å². The molecule has 1 heterocycles. The van der Waals surface area contributed by atoms with Gasteiger partial charge in [0.15, 0.2) is 5.82 Å². The summed E-state index contributed by atoms with van der Waals surface area (Å²) in [6.07, 6.45) is 1.37. The van der Waals surface area contributed by atoms with Crippen molar-refractivity contribution >= 4 is 45.6 Å². The van der Waals surface area contributed by atoms with Gasteiger partial charge in [0.05, 0.1) is 28.4 Å². The number of benzene rings is 2. The lowest BCUT2D eigenvalue weighted by Crippen LogP contribution is -1.99. The van der Waals surface area contributed by atoms with Crippen LogP contribution in [-0.4, -0.2) is 17.1 Å². The van der Waals surface area contributed by atoms with E-state index in [1.165, 1.54) is 18.5 Å². The number of ether oxygens (including phenoxy) is 1. The van der Waals surface area contributed by atoms with Crippen LogP contribution in [0.2, 0.25) is 10.0 Å². The highest BCUT2D eigenvalue weighted by molar-refractivity contribution is 6.42. The standard InChI is InChI=1S/C15H9Cl2FN3O/c1-22-8-2-3-9-12(6-8)19-7-20-15(9)21-11-5-4-10(16)13(17)14(11)18/h3-7H,1H3,(H,19,20,21). The number of aromatic nitrogens is 2. The van der Waals surface area contributed by atoms with E-state index in [0.29, 0.717) is 22.5 Å². The van der Waals surface area contributed by atoms with E-state index in [1.54, 1.807) is 19.2 Å². The highest BCUT2D eigenvalue weighted by Gasteiger charge is 2.13. The normalized spacial score (nSPS) is 10.7. The predicted molar refractivity (Wildman–Crippen MR) is 84.6 cm³/mol. The van der Waals surface area contributed by atoms with Gasteiger partial charge in [0.2, 0.25) is 0 Å². The average Bonchev–Trinajstić information content (AvgIpc) is 2.55. The predicted octanol–water partition coefficient (Wildman–Crippen LogP) is 4.63. The van der Waals surface area contributed by atoms with Gasteiger partial charge in [-0.3, -0.25) is 0 Å². The van der Waals surface area contributed by atoms with Crippen molar-refractivity contribution < 1.29 is 9.13 Å². The van der Waals surface area contributed by atoms with Crippen LogP contribution in [0, 0.1) is 11.9 Å². The van der Waals surface area contributed by atoms with Gasteiger partial charge in [-0.25, -0.2) is 14.4 Å². The van der Waals surface area contributed by atoms with Crippen LogP contribution in [0.25, 0.3) is 10.9 Å². The Morgan fingerprint density at radius 2 is 2.09 bits per heavy atom. The van der Waals surface area contributed by atoms with E-state index in [4.69, 9.17) is 27.9 Å². The molecular formula is C15H9Cl2FN3O. The van der Waals surface area contributed by atoms with Crippen molar-refractivity contribution in [2.45, 2.75) is 0 Å². The van der Waals surface area contributed by atoms with E-state index in [0.717, 1.165) is 0 Å². The monoisotopic (exact) mass is 336 g/mol. The van der Waals surface area contributed by atoms with E-state index in [9.17, 15) is 4.39 Å². The van der Waals surface area contributed by atoms with Gasteiger partial charge >= 0.3 is 0 Å². The number of rotatable bonds is 3. The number of methoxy groups -OCH3 is 1. The molecule has 7 heteroatoms. The second kappa shape index (κ2) is 5.94. The Morgan fingerprint density at radius 3 is 2.86 bits per heavy atom. The summed E-state index contributed by atoms with van der Waals surface area (Å²) in [4.78, 5) is 8.28. The molecule has 0 aliphatic heterocycles. The van der Waals surface area contributed by atoms with Crippen LogP contribution in [0.3, 0.4) is 0 Å². The molecule has 0 amide bonds. The maximum atomic E-state index is 14.1. The third-order valence-corrected chi connectivity index (χ3v) is 3.83. The van der Waals surface area contributed by atoms with Gasteiger partial charge in [-0.05, 0) is 18.2 Å². The van der Waals surface area contributed by atoms with Crippen molar-refractivity contribution in [3.63, 3.8) is 0 Å². The topological polar surface area (TPSA) is 47.0 Å². The third-order valence-electron chi connectivity index (χ3n) is 3.05. The molecule has 3 aromatic rings. The summed E-state index contributed by atoms with van der Waals surface area (Å²) in [5.74, 6) is 0.345. The number of hydrogen-bond acceptors (Lipinski definition) is 4. The largest absolute Gasteiger partial charge is 0.496 e. The highest BCUT2D eigenvalue weighted by atomic mass is 35.5. The summed E-state index contributed by atoms with van der Waals surface area (Å²) in [5, 5.41) is 3.57. The van der Waals surface area contributed by atoms with Crippen molar-refractivity contribution in [2.75, 3.05) is 12.4 Å². The van der Waals surface area contributed by atoms with Crippen LogP contribution in [0.4, 0.5) is 15.9 Å². The van der Waals surface area contributed by atoms with E-state index in [2.05, 4.69) is 21.4 Å². The van der Waals surface area contributed by atoms with Crippen LogP contribution in [0.5, 0.6) is 5.75 Å². The average molecular weight is 337 g/mol. The molecule has 1 N–H and O–H groups in total. The van der Waals surface area contributed by atoms with Crippen molar-refractivity contribution in [2.24, 2.45) is 0 Å². The van der Waals surface area contributed by atoms with Crippen LogP contribution < -0.4 is 10.1 Å². The van der Waals surface area contributed by atoms with Crippen LogP contribution in [0.15, 0.2) is 30.6 Å². The number of hydrogen-bond donors (Lipinski definition) is 1. The minimum atomic E-state index is -0.640. The molecule has 3 rings (SSSR count). The molecule has 0 bridgehead atoms. The Labute approximate surface area is 135 Å². The summed E-state index contributed by atoms with van der Waals surface area (Å²) < 4.78 is 19.2. The maximum Gasteiger partial charge on any atom is 0.166 e. The van der Waals surface area contributed by atoms with Gasteiger partial charge in [-0.1, -0.05) is 23.2 Å². The zero-order valence-electron chi connectivity index (χ0n) is 11.3. The highest BCUT2D eigenvalue weighted by Crippen LogP contribution is 2.32. The summed E-state index contributed by atoms with van der Waals surface area (Å²) in [6.45, 7) is 0. The molecular weight excluding hydrogens is 328 g/mol. The van der Waals surface area contributed by atoms with Gasteiger partial charge in [0.25, 0.3) is 0 Å². The lowest BCUT2D eigenvalue weighted by atomic mass is 10.2. The second-order valence-electron chi connectivity index (χ2n) is 4.37. The Balaban J connectivity index is 2.06. The van der Waals surface area contributed by atoms with Crippen molar-refractivity contribution in [1.82, 2.24) is 9.97 Å². The van der Waals surface area contributed by atoms with E-state index in [1.807, 2.05) is 0 Å². The van der Waals surface area contributed by atoms with Gasteiger partial charge in [-0.2, -0.15) is 0 Å². The number of nitrogens with zero attached hydrogens (tertiary/aromatic N) is 2. The molecule has 4 nitrogen and oxygen atoms in total. The first-order valence-electron chi connectivity index (χ1n) is 6.21. The molecule has 0 fully saturated rings. The Kier molecular flexibility index (Phi) is 4.00. The van der Waals surface area contributed by atoms with Gasteiger partial charge < -0.3 is 10.1 Å². The molecule has 1 radical (unpaired) electrons. The number of anilines is 2. The van der Waals surface area contributed by atoms with Crippen LogP contribution in [-0.2, 0) is 0 Å². The molecule has 0 spiro atoms. The van der Waals surface area contributed by atoms with Crippen molar-refractivity contribution in [3.8, 4) is 5.75 Å². The molecule has 0 atom stereocenters. The Morgan fingerprint density at radius 1 is 1.27 bits per heavy atom. The van der Waals surface area contributed by atoms with E-state index in [-0.39, 0.29) is 15.7 Å². The first-order chi connectivity index (χ1) is 10.6. The second-order valence-corrected chi connectivity index (χ2v) is 5.16. The minimum Gasteiger partial charge on any atom is -0.496 e. The number of nitrogens with one attached hydrogen (secondary N) is 1. The van der Waals surface area contributed by atoms with Crippen molar-refractivity contribution in [3.05, 3.63) is 52.5 Å². The summed E-state index contributed by atoms with van der Waals surface area (Å²) in [6, 6.07) is 9.33. The molecule has 2 aromatic carbocycles. The fourth-order valence-electron chi connectivity index (χ4n) is 1.94. The summed E-state index contributed by atoms with van der Waals surface area (Å²) >= 11 is 11.6. The SMILES string of the molecule is COc1[c]cc2c(Nc3ccc(Cl)c(Cl)c3F)ncnc2c1. The van der Waals surface area contributed by atoms with Crippen LogP contribution in [0.1, 0.15) is 0 Å². The molecule has 0 saturated carbocycles. The van der Waals surface area contributed by atoms with Crippen molar-refractivity contribution in [1.29, 1.82) is 0 Å². The lowest BCUT2D eigenvalue weighted by molar-refractivity contribution is 0.414. The summed E-state index contributed by atoms with van der Waals surface area (Å²) in [7, 11) is 1.54. The smallest absolute Gasteiger partial charge is 0.166 e.